The minimum absolute atomic E-state index is 0.0627. The van der Waals surface area contributed by atoms with Crippen LogP contribution in [-0.2, 0) is 11.2 Å². The molecule has 0 spiro atoms. The Labute approximate surface area is 113 Å². The highest BCUT2D eigenvalue weighted by Gasteiger charge is 2.23. The molecule has 3 rings (SSSR count). The molecule has 0 fully saturated rings. The number of fused-ring (bicyclic) bond motifs is 1. The highest BCUT2D eigenvalue weighted by atomic mass is 16.5. The van der Waals surface area contributed by atoms with Gasteiger partial charge in [0.2, 0.25) is 0 Å². The van der Waals surface area contributed by atoms with Gasteiger partial charge in [-0.1, -0.05) is 54.6 Å². The van der Waals surface area contributed by atoms with Crippen molar-refractivity contribution in [3.05, 3.63) is 71.3 Å². The Morgan fingerprint density at radius 2 is 1.79 bits per heavy atom. The van der Waals surface area contributed by atoms with E-state index in [1.807, 2.05) is 13.0 Å². The molecular formula is C17H17NO. The molecule has 0 saturated carbocycles. The molecule has 2 aromatic rings. The van der Waals surface area contributed by atoms with Crippen LogP contribution < -0.4 is 0 Å². The first-order valence-corrected chi connectivity index (χ1v) is 6.70. The summed E-state index contributed by atoms with van der Waals surface area (Å²) in [6.07, 6.45) is 0.799. The Morgan fingerprint density at radius 1 is 1.05 bits per heavy atom. The minimum atomic E-state index is 0.0627. The number of rotatable bonds is 2. The van der Waals surface area contributed by atoms with Gasteiger partial charge < -0.3 is 4.74 Å². The molecule has 0 aliphatic carbocycles. The monoisotopic (exact) mass is 251 g/mol. The highest BCUT2D eigenvalue weighted by molar-refractivity contribution is 5.81. The van der Waals surface area contributed by atoms with Crippen molar-refractivity contribution >= 4 is 5.90 Å². The Hall–Kier alpha value is -2.09. The van der Waals surface area contributed by atoms with Crippen LogP contribution in [0.5, 0.6) is 0 Å². The van der Waals surface area contributed by atoms with Gasteiger partial charge >= 0.3 is 0 Å². The van der Waals surface area contributed by atoms with Crippen LogP contribution in [0.4, 0.5) is 0 Å². The first-order chi connectivity index (χ1) is 9.38. The molecule has 0 aromatic heterocycles. The molecule has 1 atom stereocenters. The fourth-order valence-electron chi connectivity index (χ4n) is 2.53. The van der Waals surface area contributed by atoms with E-state index in [2.05, 4.69) is 48.5 Å². The van der Waals surface area contributed by atoms with Gasteiger partial charge in [0.1, 0.15) is 6.04 Å². The maximum atomic E-state index is 5.64. The molecule has 0 radical (unpaired) electrons. The van der Waals surface area contributed by atoms with Crippen LogP contribution in [0.2, 0.25) is 0 Å². The standard InChI is InChI=1S/C17H17NO/c1-2-19-16-12-14-10-6-7-11-15(14)17(18-16)13-8-4-3-5-9-13/h3-11,17H,2,12H2,1H3. The van der Waals surface area contributed by atoms with E-state index < -0.39 is 0 Å². The molecule has 2 heteroatoms. The van der Waals surface area contributed by atoms with Gasteiger partial charge in [-0.15, -0.1) is 0 Å². The molecule has 0 bridgehead atoms. The summed E-state index contributed by atoms with van der Waals surface area (Å²) < 4.78 is 5.64. The SMILES string of the molecule is CCOC1=NC(c2ccccc2)c2ccccc2C1. The summed E-state index contributed by atoms with van der Waals surface area (Å²) in [4.78, 5) is 4.78. The molecule has 1 aliphatic rings. The number of ether oxygens (including phenoxy) is 1. The Balaban J connectivity index is 2.06. The third-order valence-corrected chi connectivity index (χ3v) is 3.39. The molecule has 19 heavy (non-hydrogen) atoms. The van der Waals surface area contributed by atoms with E-state index in [1.165, 1.54) is 16.7 Å². The van der Waals surface area contributed by atoms with Crippen LogP contribution in [0.1, 0.15) is 29.7 Å². The van der Waals surface area contributed by atoms with Crippen molar-refractivity contribution in [2.75, 3.05) is 6.61 Å². The lowest BCUT2D eigenvalue weighted by molar-refractivity contribution is 0.315. The topological polar surface area (TPSA) is 21.6 Å². The fraction of sp³-hybridized carbons (Fsp3) is 0.235. The predicted molar refractivity (Wildman–Crippen MR) is 77.5 cm³/mol. The summed E-state index contributed by atoms with van der Waals surface area (Å²) in [5.41, 5.74) is 3.82. The van der Waals surface area contributed by atoms with Crippen LogP contribution in [0.25, 0.3) is 0 Å². The van der Waals surface area contributed by atoms with Gasteiger partial charge in [-0.3, -0.25) is 0 Å². The first-order valence-electron chi connectivity index (χ1n) is 6.70. The van der Waals surface area contributed by atoms with E-state index in [0.29, 0.717) is 6.61 Å². The van der Waals surface area contributed by atoms with Crippen molar-refractivity contribution in [2.45, 2.75) is 19.4 Å². The predicted octanol–water partition coefficient (Wildman–Crippen LogP) is 3.77. The van der Waals surface area contributed by atoms with Crippen LogP contribution in [-0.4, -0.2) is 12.5 Å². The molecule has 1 aliphatic heterocycles. The Bertz CT molecular complexity index is 589. The average molecular weight is 251 g/mol. The van der Waals surface area contributed by atoms with Crippen LogP contribution in [0, 0.1) is 0 Å². The van der Waals surface area contributed by atoms with Gasteiger partial charge in [0.15, 0.2) is 5.90 Å². The van der Waals surface area contributed by atoms with Crippen molar-refractivity contribution in [2.24, 2.45) is 4.99 Å². The van der Waals surface area contributed by atoms with E-state index in [1.54, 1.807) is 0 Å². The number of aliphatic imine (C=N–C) groups is 1. The van der Waals surface area contributed by atoms with E-state index in [0.717, 1.165) is 12.3 Å². The lowest BCUT2D eigenvalue weighted by Gasteiger charge is -2.24. The fourth-order valence-corrected chi connectivity index (χ4v) is 2.53. The van der Waals surface area contributed by atoms with Crippen molar-refractivity contribution in [1.82, 2.24) is 0 Å². The maximum absolute atomic E-state index is 5.64. The van der Waals surface area contributed by atoms with Gasteiger partial charge in [-0.2, -0.15) is 0 Å². The van der Waals surface area contributed by atoms with Crippen LogP contribution in [0.3, 0.4) is 0 Å². The second-order valence-electron chi connectivity index (χ2n) is 4.64. The minimum Gasteiger partial charge on any atom is -0.481 e. The number of nitrogens with zero attached hydrogens (tertiary/aromatic N) is 1. The summed E-state index contributed by atoms with van der Waals surface area (Å²) in [5.74, 6) is 0.843. The molecule has 96 valence electrons. The molecule has 2 aromatic carbocycles. The van der Waals surface area contributed by atoms with Gasteiger partial charge in [-0.05, 0) is 23.6 Å². The summed E-state index contributed by atoms with van der Waals surface area (Å²) in [5, 5.41) is 0. The third kappa shape index (κ3) is 2.39. The van der Waals surface area contributed by atoms with E-state index in [9.17, 15) is 0 Å². The van der Waals surface area contributed by atoms with Gasteiger partial charge in [0, 0.05) is 6.42 Å². The van der Waals surface area contributed by atoms with Crippen molar-refractivity contribution in [1.29, 1.82) is 0 Å². The lowest BCUT2D eigenvalue weighted by atomic mass is 9.91. The summed E-state index contributed by atoms with van der Waals surface area (Å²) in [6, 6.07) is 19.0. The second kappa shape index (κ2) is 5.27. The zero-order valence-corrected chi connectivity index (χ0v) is 11.0. The van der Waals surface area contributed by atoms with Gasteiger partial charge in [-0.25, -0.2) is 4.99 Å². The largest absolute Gasteiger partial charge is 0.481 e. The normalized spacial score (nSPS) is 17.5. The molecule has 1 unspecified atom stereocenters. The highest BCUT2D eigenvalue weighted by Crippen LogP contribution is 2.32. The zero-order valence-electron chi connectivity index (χ0n) is 11.0. The van der Waals surface area contributed by atoms with Gasteiger partial charge in [0.25, 0.3) is 0 Å². The molecule has 2 nitrogen and oxygen atoms in total. The maximum Gasteiger partial charge on any atom is 0.188 e. The molecule has 0 saturated heterocycles. The quantitative estimate of drug-likeness (QED) is 0.796. The number of hydrogen-bond acceptors (Lipinski definition) is 2. The Kier molecular flexibility index (Phi) is 3.32. The molecule has 0 N–H and O–H groups in total. The lowest BCUT2D eigenvalue weighted by Crippen LogP contribution is -2.18. The summed E-state index contributed by atoms with van der Waals surface area (Å²) >= 11 is 0. The molecular weight excluding hydrogens is 234 g/mol. The summed E-state index contributed by atoms with van der Waals surface area (Å²) in [6.45, 7) is 2.67. The van der Waals surface area contributed by atoms with Crippen molar-refractivity contribution in [3.63, 3.8) is 0 Å². The van der Waals surface area contributed by atoms with E-state index in [4.69, 9.17) is 9.73 Å². The van der Waals surface area contributed by atoms with E-state index >= 15 is 0 Å². The first kappa shape index (κ1) is 12.0. The third-order valence-electron chi connectivity index (χ3n) is 3.39. The Morgan fingerprint density at radius 3 is 2.58 bits per heavy atom. The summed E-state index contributed by atoms with van der Waals surface area (Å²) in [7, 11) is 0. The van der Waals surface area contributed by atoms with Crippen molar-refractivity contribution in [3.8, 4) is 0 Å². The molecule has 0 amide bonds. The van der Waals surface area contributed by atoms with Gasteiger partial charge in [0.05, 0.1) is 6.61 Å². The molecule has 1 heterocycles. The van der Waals surface area contributed by atoms with Crippen molar-refractivity contribution < 1.29 is 4.74 Å². The second-order valence-corrected chi connectivity index (χ2v) is 4.64. The number of hydrogen-bond donors (Lipinski definition) is 0. The van der Waals surface area contributed by atoms with Crippen LogP contribution >= 0.6 is 0 Å². The van der Waals surface area contributed by atoms with E-state index in [-0.39, 0.29) is 6.04 Å². The number of benzene rings is 2. The smallest absolute Gasteiger partial charge is 0.188 e. The average Bonchev–Trinajstić information content (AvgIpc) is 2.48. The zero-order chi connectivity index (χ0) is 13.1. The van der Waals surface area contributed by atoms with Crippen LogP contribution in [0.15, 0.2) is 59.6 Å².